The Morgan fingerprint density at radius 3 is 2.19 bits per heavy atom. The number of aromatic nitrogens is 1. The fourth-order valence-electron chi connectivity index (χ4n) is 4.80. The number of carbonyl (C=O) groups is 2. The molecule has 0 spiro atoms. The summed E-state index contributed by atoms with van der Waals surface area (Å²) < 4.78 is 12.9. The summed E-state index contributed by atoms with van der Waals surface area (Å²) in [6.45, 7) is 0. The first kappa shape index (κ1) is 23.5. The van der Waals surface area contributed by atoms with Gasteiger partial charge in [-0.2, -0.15) is 0 Å². The number of halogens is 1. The molecular weight excluding hydrogens is 480 g/mol. The van der Waals surface area contributed by atoms with Crippen LogP contribution in [-0.2, 0) is 16.6 Å². The normalized spacial score (nSPS) is 17.1. The van der Waals surface area contributed by atoms with Crippen molar-refractivity contribution >= 4 is 45.6 Å². The van der Waals surface area contributed by atoms with Gasteiger partial charge in [-0.25, -0.2) is 0 Å². The topological polar surface area (TPSA) is 81.0 Å². The third-order valence-electron chi connectivity index (χ3n) is 6.44. The number of para-hydroxylation sites is 1. The van der Waals surface area contributed by atoms with Gasteiger partial charge in [0.1, 0.15) is 22.8 Å². The van der Waals surface area contributed by atoms with Crippen LogP contribution in [-0.4, -0.2) is 35.6 Å². The molecule has 36 heavy (non-hydrogen) atoms. The summed E-state index contributed by atoms with van der Waals surface area (Å²) in [6, 6.07) is 18.5. The molecule has 7 nitrogen and oxygen atoms in total. The highest BCUT2D eigenvalue weighted by molar-refractivity contribution is 6.52. The number of anilines is 1. The number of benzene rings is 3. The van der Waals surface area contributed by atoms with Crippen LogP contribution in [0.5, 0.6) is 11.5 Å². The molecule has 4 aromatic rings. The van der Waals surface area contributed by atoms with Crippen molar-refractivity contribution in [1.29, 1.82) is 0 Å². The van der Waals surface area contributed by atoms with Crippen LogP contribution in [0.15, 0.2) is 78.5 Å². The molecule has 182 valence electrons. The molecule has 1 atom stereocenters. The number of amides is 1. The van der Waals surface area contributed by atoms with Crippen LogP contribution in [0.4, 0.5) is 5.69 Å². The van der Waals surface area contributed by atoms with E-state index in [0.717, 1.165) is 10.9 Å². The van der Waals surface area contributed by atoms with E-state index in [1.54, 1.807) is 42.5 Å². The van der Waals surface area contributed by atoms with E-state index < -0.39 is 17.7 Å². The second-order valence-electron chi connectivity index (χ2n) is 8.40. The number of rotatable bonds is 5. The van der Waals surface area contributed by atoms with Crippen LogP contribution >= 0.6 is 11.6 Å². The molecule has 0 aliphatic carbocycles. The first-order valence-corrected chi connectivity index (χ1v) is 11.6. The van der Waals surface area contributed by atoms with Gasteiger partial charge < -0.3 is 19.1 Å². The van der Waals surface area contributed by atoms with E-state index in [1.165, 1.54) is 19.1 Å². The minimum atomic E-state index is -0.910. The summed E-state index contributed by atoms with van der Waals surface area (Å²) in [4.78, 5) is 28.5. The van der Waals surface area contributed by atoms with Crippen molar-refractivity contribution in [2.24, 2.45) is 7.05 Å². The zero-order valence-corrected chi connectivity index (χ0v) is 20.6. The summed E-state index contributed by atoms with van der Waals surface area (Å²) in [6.07, 6.45) is 1.87. The summed E-state index contributed by atoms with van der Waals surface area (Å²) in [5, 5.41) is 13.0. The molecule has 1 unspecified atom stereocenters. The van der Waals surface area contributed by atoms with Crippen molar-refractivity contribution in [2.45, 2.75) is 6.04 Å². The molecule has 3 aromatic carbocycles. The van der Waals surface area contributed by atoms with Gasteiger partial charge in [-0.3, -0.25) is 14.5 Å². The van der Waals surface area contributed by atoms with Gasteiger partial charge in [0.25, 0.3) is 11.7 Å². The summed E-state index contributed by atoms with van der Waals surface area (Å²) in [7, 11) is 4.81. The van der Waals surface area contributed by atoms with Crippen molar-refractivity contribution in [3.05, 3.63) is 94.6 Å². The standard InChI is InChI=1S/C28H23ClN2O5/c1-30-15-19(18-7-4-5-8-20(18)30)25-24(26(32)23-21(35-2)9-6-10-22(23)36-3)27(33)28(34)31(25)17-13-11-16(29)12-14-17/h4-15,25,32H,1-3H3/b26-24+. The van der Waals surface area contributed by atoms with Gasteiger partial charge in [-0.15, -0.1) is 0 Å². The number of Topliss-reactive ketones (excluding diaryl/α,β-unsaturated/α-hetero) is 1. The lowest BCUT2D eigenvalue weighted by atomic mass is 9.94. The van der Waals surface area contributed by atoms with E-state index in [2.05, 4.69) is 0 Å². The molecule has 0 saturated carbocycles. The molecule has 0 radical (unpaired) electrons. The maximum atomic E-state index is 13.6. The molecular formula is C28H23ClN2O5. The van der Waals surface area contributed by atoms with E-state index in [-0.39, 0.29) is 16.9 Å². The van der Waals surface area contributed by atoms with Crippen LogP contribution in [0.2, 0.25) is 5.02 Å². The number of ketones is 1. The maximum absolute atomic E-state index is 13.6. The van der Waals surface area contributed by atoms with Gasteiger partial charge in [-0.05, 0) is 42.5 Å². The predicted molar refractivity (Wildman–Crippen MR) is 139 cm³/mol. The Morgan fingerprint density at radius 2 is 1.56 bits per heavy atom. The van der Waals surface area contributed by atoms with Gasteiger partial charge in [0.2, 0.25) is 0 Å². The van der Waals surface area contributed by atoms with Crippen molar-refractivity contribution in [3.8, 4) is 11.5 Å². The number of hydrogen-bond acceptors (Lipinski definition) is 5. The Bertz CT molecular complexity index is 1520. The van der Waals surface area contributed by atoms with Crippen molar-refractivity contribution in [2.75, 3.05) is 19.1 Å². The number of carbonyl (C=O) groups excluding carboxylic acids is 2. The Balaban J connectivity index is 1.84. The number of nitrogens with zero attached hydrogens (tertiary/aromatic N) is 2. The number of fused-ring (bicyclic) bond motifs is 1. The Hall–Kier alpha value is -4.23. The average Bonchev–Trinajstić information content (AvgIpc) is 3.36. The summed E-state index contributed by atoms with van der Waals surface area (Å²) in [5.41, 5.74) is 2.23. The molecule has 5 rings (SSSR count). The first-order valence-electron chi connectivity index (χ1n) is 11.2. The van der Waals surface area contributed by atoms with Crippen molar-refractivity contribution in [1.82, 2.24) is 4.57 Å². The first-order chi connectivity index (χ1) is 17.4. The number of aryl methyl sites for hydroxylation is 1. The number of aliphatic hydroxyl groups excluding tert-OH is 1. The van der Waals surface area contributed by atoms with E-state index in [4.69, 9.17) is 21.1 Å². The number of aliphatic hydroxyl groups is 1. The highest BCUT2D eigenvalue weighted by atomic mass is 35.5. The highest BCUT2D eigenvalue weighted by Gasteiger charge is 2.48. The monoisotopic (exact) mass is 502 g/mol. The molecule has 1 aromatic heterocycles. The third kappa shape index (κ3) is 3.60. The van der Waals surface area contributed by atoms with Crippen molar-refractivity contribution in [3.63, 3.8) is 0 Å². The molecule has 1 fully saturated rings. The quantitative estimate of drug-likeness (QED) is 0.222. The van der Waals surface area contributed by atoms with Crippen molar-refractivity contribution < 1.29 is 24.2 Å². The second-order valence-corrected chi connectivity index (χ2v) is 8.83. The zero-order chi connectivity index (χ0) is 25.6. The van der Waals surface area contributed by atoms with Crippen LogP contribution < -0.4 is 14.4 Å². The predicted octanol–water partition coefficient (Wildman–Crippen LogP) is 5.48. The Morgan fingerprint density at radius 1 is 0.917 bits per heavy atom. The molecule has 2 heterocycles. The molecule has 0 bridgehead atoms. The van der Waals surface area contributed by atoms with E-state index in [1.807, 2.05) is 42.1 Å². The smallest absolute Gasteiger partial charge is 0.300 e. The highest BCUT2D eigenvalue weighted by Crippen LogP contribution is 2.47. The summed E-state index contributed by atoms with van der Waals surface area (Å²) >= 11 is 6.09. The van der Waals surface area contributed by atoms with E-state index in [9.17, 15) is 14.7 Å². The fraction of sp³-hybridized carbons (Fsp3) is 0.143. The maximum Gasteiger partial charge on any atom is 0.300 e. The number of ether oxygens (including phenoxy) is 2. The number of hydrogen-bond donors (Lipinski definition) is 1. The van der Waals surface area contributed by atoms with Crippen LogP contribution in [0, 0.1) is 0 Å². The SMILES string of the molecule is COc1cccc(OC)c1/C(O)=C1\C(=O)C(=O)N(c2ccc(Cl)cc2)C1c1cn(C)c2ccccc12. The van der Waals surface area contributed by atoms with Gasteiger partial charge in [-0.1, -0.05) is 35.9 Å². The molecule has 1 aliphatic rings. The lowest BCUT2D eigenvalue weighted by molar-refractivity contribution is -0.132. The van der Waals surface area contributed by atoms with Crippen LogP contribution in [0.25, 0.3) is 16.7 Å². The molecule has 1 N–H and O–H groups in total. The van der Waals surface area contributed by atoms with E-state index in [0.29, 0.717) is 27.8 Å². The third-order valence-corrected chi connectivity index (χ3v) is 6.69. The minimum Gasteiger partial charge on any atom is -0.506 e. The molecule has 1 amide bonds. The Labute approximate surface area is 212 Å². The molecule has 1 aliphatic heterocycles. The van der Waals surface area contributed by atoms with E-state index >= 15 is 0 Å². The summed E-state index contributed by atoms with van der Waals surface area (Å²) in [5.74, 6) is -1.33. The lowest BCUT2D eigenvalue weighted by Gasteiger charge is -2.25. The van der Waals surface area contributed by atoms with Gasteiger partial charge in [0.15, 0.2) is 0 Å². The average molecular weight is 503 g/mol. The fourth-order valence-corrected chi connectivity index (χ4v) is 4.93. The number of methoxy groups -OCH3 is 2. The van der Waals surface area contributed by atoms with Crippen LogP contribution in [0.3, 0.4) is 0 Å². The van der Waals surface area contributed by atoms with Gasteiger partial charge >= 0.3 is 0 Å². The minimum absolute atomic E-state index is 0.0610. The molecule has 1 saturated heterocycles. The Kier molecular flexibility index (Phi) is 5.94. The lowest BCUT2D eigenvalue weighted by Crippen LogP contribution is -2.29. The second kappa shape index (κ2) is 9.09. The largest absolute Gasteiger partial charge is 0.506 e. The van der Waals surface area contributed by atoms with Gasteiger partial charge in [0.05, 0.1) is 25.8 Å². The zero-order valence-electron chi connectivity index (χ0n) is 19.9. The molecule has 8 heteroatoms. The van der Waals surface area contributed by atoms with Gasteiger partial charge in [0, 0.05) is 40.4 Å². The van der Waals surface area contributed by atoms with Crippen LogP contribution in [0.1, 0.15) is 17.2 Å².